The quantitative estimate of drug-likeness (QED) is 0.557. The van der Waals surface area contributed by atoms with Crippen molar-refractivity contribution in [2.45, 2.75) is 38.8 Å². The summed E-state index contributed by atoms with van der Waals surface area (Å²) in [5.41, 5.74) is -1.77. The first-order chi connectivity index (χ1) is 8.56. The van der Waals surface area contributed by atoms with Crippen LogP contribution in [0, 0.1) is 10.1 Å². The van der Waals surface area contributed by atoms with E-state index in [4.69, 9.17) is 0 Å². The van der Waals surface area contributed by atoms with Gasteiger partial charge in [-0.25, -0.2) is 4.98 Å². The molecule has 1 aromatic rings. The number of anilines is 2. The Kier molecular flexibility index (Phi) is 4.00. The third-order valence-corrected chi connectivity index (χ3v) is 3.25. The van der Waals surface area contributed by atoms with Gasteiger partial charge in [0.2, 0.25) is 0 Å². The van der Waals surface area contributed by atoms with E-state index in [-0.39, 0.29) is 5.69 Å². The van der Waals surface area contributed by atoms with Crippen LogP contribution in [0.15, 0.2) is 12.1 Å². The van der Waals surface area contributed by atoms with E-state index in [2.05, 4.69) is 15.6 Å². The van der Waals surface area contributed by atoms with Crippen molar-refractivity contribution in [3.8, 4) is 0 Å². The Morgan fingerprint density at radius 2 is 1.79 bits per heavy atom. The number of aliphatic hydroxyl groups is 1. The Morgan fingerprint density at radius 1 is 1.26 bits per heavy atom. The standard InChI is InChI=1S/C12H20N4O3/c1-11(2,12(3,4)17)15-10-7-8(16(18)19)6-9(13-5)14-10/h6-7,17H,1-5H3,(H2,13,14,15). The maximum Gasteiger partial charge on any atom is 0.276 e. The first-order valence-electron chi connectivity index (χ1n) is 5.91. The molecule has 7 heteroatoms. The molecule has 0 aliphatic carbocycles. The Labute approximate surface area is 112 Å². The van der Waals surface area contributed by atoms with Gasteiger partial charge in [0.15, 0.2) is 0 Å². The molecule has 3 N–H and O–H groups in total. The molecule has 0 aliphatic rings. The van der Waals surface area contributed by atoms with Gasteiger partial charge < -0.3 is 15.7 Å². The largest absolute Gasteiger partial charge is 0.388 e. The highest BCUT2D eigenvalue weighted by Crippen LogP contribution is 2.28. The zero-order valence-electron chi connectivity index (χ0n) is 11.8. The monoisotopic (exact) mass is 268 g/mol. The molecule has 1 aromatic heterocycles. The van der Waals surface area contributed by atoms with Crippen molar-refractivity contribution in [3.63, 3.8) is 0 Å². The zero-order valence-corrected chi connectivity index (χ0v) is 11.8. The molecule has 0 fully saturated rings. The fraction of sp³-hybridized carbons (Fsp3) is 0.583. The molecule has 0 unspecified atom stereocenters. The SMILES string of the molecule is CNc1cc([N+](=O)[O-])cc(NC(C)(C)C(C)(C)O)n1. The molecule has 1 rings (SSSR count). The van der Waals surface area contributed by atoms with Gasteiger partial charge in [0, 0.05) is 7.05 Å². The number of nitrogens with zero attached hydrogens (tertiary/aromatic N) is 2. The highest BCUT2D eigenvalue weighted by Gasteiger charge is 2.35. The molecule has 0 amide bonds. The van der Waals surface area contributed by atoms with Gasteiger partial charge >= 0.3 is 0 Å². The molecule has 0 spiro atoms. The Hall–Kier alpha value is -1.89. The summed E-state index contributed by atoms with van der Waals surface area (Å²) >= 11 is 0. The third kappa shape index (κ3) is 3.54. The minimum Gasteiger partial charge on any atom is -0.388 e. The molecule has 0 saturated heterocycles. The summed E-state index contributed by atoms with van der Waals surface area (Å²) < 4.78 is 0. The van der Waals surface area contributed by atoms with Gasteiger partial charge in [0.25, 0.3) is 5.69 Å². The van der Waals surface area contributed by atoms with Gasteiger partial charge in [-0.3, -0.25) is 10.1 Å². The number of hydrogen-bond donors (Lipinski definition) is 3. The van der Waals surface area contributed by atoms with Crippen molar-refractivity contribution < 1.29 is 10.0 Å². The van der Waals surface area contributed by atoms with E-state index in [1.807, 2.05) is 0 Å². The van der Waals surface area contributed by atoms with Crippen LogP contribution in [0.25, 0.3) is 0 Å². The predicted octanol–water partition coefficient (Wildman–Crippen LogP) is 1.99. The van der Waals surface area contributed by atoms with Crippen LogP contribution in [0.4, 0.5) is 17.3 Å². The lowest BCUT2D eigenvalue weighted by molar-refractivity contribution is -0.384. The number of nitro groups is 1. The second-order valence-electron chi connectivity index (χ2n) is 5.41. The Morgan fingerprint density at radius 3 is 2.21 bits per heavy atom. The summed E-state index contributed by atoms with van der Waals surface area (Å²) in [5, 5.41) is 26.7. The maximum atomic E-state index is 10.9. The van der Waals surface area contributed by atoms with Crippen molar-refractivity contribution in [3.05, 3.63) is 22.2 Å². The maximum absolute atomic E-state index is 10.9. The van der Waals surface area contributed by atoms with Crippen LogP contribution >= 0.6 is 0 Å². The van der Waals surface area contributed by atoms with E-state index < -0.39 is 16.1 Å². The molecule has 0 bridgehead atoms. The summed E-state index contributed by atoms with van der Waals surface area (Å²) in [6.45, 7) is 6.92. The lowest BCUT2D eigenvalue weighted by Crippen LogP contribution is -2.51. The van der Waals surface area contributed by atoms with Crippen LogP contribution in [0.2, 0.25) is 0 Å². The average molecular weight is 268 g/mol. The third-order valence-electron chi connectivity index (χ3n) is 3.25. The van der Waals surface area contributed by atoms with Crippen molar-refractivity contribution >= 4 is 17.3 Å². The van der Waals surface area contributed by atoms with Gasteiger partial charge in [-0.1, -0.05) is 0 Å². The van der Waals surface area contributed by atoms with E-state index in [9.17, 15) is 15.2 Å². The van der Waals surface area contributed by atoms with Crippen LogP contribution in [-0.2, 0) is 0 Å². The Balaban J connectivity index is 3.14. The second-order valence-corrected chi connectivity index (χ2v) is 5.41. The van der Waals surface area contributed by atoms with Crippen molar-refractivity contribution in [1.29, 1.82) is 0 Å². The molecule has 0 radical (unpaired) electrons. The molecule has 0 aliphatic heterocycles. The molecule has 19 heavy (non-hydrogen) atoms. The first kappa shape index (κ1) is 15.2. The fourth-order valence-corrected chi connectivity index (χ4v) is 1.29. The normalized spacial score (nSPS) is 12.1. The van der Waals surface area contributed by atoms with E-state index in [0.29, 0.717) is 11.6 Å². The minimum atomic E-state index is -1.01. The summed E-state index contributed by atoms with van der Waals surface area (Å²) in [6.07, 6.45) is 0. The summed E-state index contributed by atoms with van der Waals surface area (Å²) in [6, 6.07) is 2.69. The lowest BCUT2D eigenvalue weighted by Gasteiger charge is -2.38. The van der Waals surface area contributed by atoms with Crippen LogP contribution in [0.3, 0.4) is 0 Å². The number of rotatable bonds is 5. The zero-order chi connectivity index (χ0) is 14.8. The molecular formula is C12H20N4O3. The van der Waals surface area contributed by atoms with Crippen molar-refractivity contribution in [2.75, 3.05) is 17.7 Å². The van der Waals surface area contributed by atoms with Crippen LogP contribution < -0.4 is 10.6 Å². The van der Waals surface area contributed by atoms with E-state index >= 15 is 0 Å². The fourth-order valence-electron chi connectivity index (χ4n) is 1.29. The Bertz CT molecular complexity index is 480. The predicted molar refractivity (Wildman–Crippen MR) is 74.4 cm³/mol. The van der Waals surface area contributed by atoms with Crippen LogP contribution in [0.5, 0.6) is 0 Å². The van der Waals surface area contributed by atoms with E-state index in [0.717, 1.165) is 0 Å². The van der Waals surface area contributed by atoms with Crippen LogP contribution in [-0.4, -0.2) is 33.2 Å². The summed E-state index contributed by atoms with van der Waals surface area (Å²) in [5.74, 6) is 0.730. The molecular weight excluding hydrogens is 248 g/mol. The number of nitrogens with one attached hydrogen (secondary N) is 2. The van der Waals surface area contributed by atoms with Gasteiger partial charge in [0.1, 0.15) is 11.6 Å². The molecule has 106 valence electrons. The van der Waals surface area contributed by atoms with Gasteiger partial charge in [0.05, 0.1) is 28.2 Å². The summed E-state index contributed by atoms with van der Waals surface area (Å²) in [7, 11) is 1.64. The first-order valence-corrected chi connectivity index (χ1v) is 5.91. The molecule has 7 nitrogen and oxygen atoms in total. The number of aromatic nitrogens is 1. The smallest absolute Gasteiger partial charge is 0.276 e. The number of hydrogen-bond acceptors (Lipinski definition) is 6. The summed E-state index contributed by atoms with van der Waals surface area (Å²) in [4.78, 5) is 14.6. The highest BCUT2D eigenvalue weighted by molar-refractivity contribution is 5.55. The highest BCUT2D eigenvalue weighted by atomic mass is 16.6. The number of pyridine rings is 1. The molecule has 1 heterocycles. The van der Waals surface area contributed by atoms with Crippen molar-refractivity contribution in [2.24, 2.45) is 0 Å². The van der Waals surface area contributed by atoms with Gasteiger partial charge in [-0.05, 0) is 27.7 Å². The minimum absolute atomic E-state index is 0.0617. The topological polar surface area (TPSA) is 100 Å². The molecule has 0 saturated carbocycles. The van der Waals surface area contributed by atoms with E-state index in [1.54, 1.807) is 34.7 Å². The molecule has 0 aromatic carbocycles. The van der Waals surface area contributed by atoms with E-state index in [1.165, 1.54) is 12.1 Å². The van der Waals surface area contributed by atoms with Crippen LogP contribution in [0.1, 0.15) is 27.7 Å². The van der Waals surface area contributed by atoms with Crippen molar-refractivity contribution in [1.82, 2.24) is 4.98 Å². The lowest BCUT2D eigenvalue weighted by atomic mass is 9.86. The van der Waals surface area contributed by atoms with Gasteiger partial charge in [-0.2, -0.15) is 0 Å². The molecule has 0 atom stereocenters. The van der Waals surface area contributed by atoms with Gasteiger partial charge in [-0.15, -0.1) is 0 Å². The second kappa shape index (κ2) is 5.00. The average Bonchev–Trinajstić information content (AvgIpc) is 2.26.